The number of hydrazine groups is 1. The lowest BCUT2D eigenvalue weighted by molar-refractivity contribution is -0.150. The van der Waals surface area contributed by atoms with E-state index in [-0.39, 0.29) is 48.4 Å². The first-order valence-electron chi connectivity index (χ1n) is 12.8. The number of carbonyl (C=O) groups excluding carboxylic acids is 5. The van der Waals surface area contributed by atoms with E-state index in [4.69, 9.17) is 4.74 Å². The number of ether oxygens (including phenoxy) is 1. The molecular weight excluding hydrogens is 450 g/mol. The summed E-state index contributed by atoms with van der Waals surface area (Å²) >= 11 is 0. The van der Waals surface area contributed by atoms with Crippen LogP contribution in [-0.2, 0) is 28.7 Å². The fourth-order valence-electron chi connectivity index (χ4n) is 3.93. The van der Waals surface area contributed by atoms with Gasteiger partial charge in [0.15, 0.2) is 5.78 Å². The molecule has 0 aliphatic carbocycles. The van der Waals surface area contributed by atoms with Crippen molar-refractivity contribution < 1.29 is 28.7 Å². The quantitative estimate of drug-likeness (QED) is 0.280. The third-order valence-corrected chi connectivity index (χ3v) is 6.23. The normalized spacial score (nSPS) is 19.7. The molecule has 0 bridgehead atoms. The van der Waals surface area contributed by atoms with Gasteiger partial charge in [-0.1, -0.05) is 54.9 Å². The van der Waals surface area contributed by atoms with Crippen LogP contribution in [0.15, 0.2) is 0 Å². The van der Waals surface area contributed by atoms with E-state index in [2.05, 4.69) is 16.2 Å². The maximum absolute atomic E-state index is 13.3. The summed E-state index contributed by atoms with van der Waals surface area (Å²) in [4.78, 5) is 63.4. The molecule has 0 spiro atoms. The summed E-state index contributed by atoms with van der Waals surface area (Å²) in [5, 5.41) is 2.86. The van der Waals surface area contributed by atoms with Crippen LogP contribution in [0, 0.1) is 29.1 Å². The molecule has 1 heterocycles. The van der Waals surface area contributed by atoms with Gasteiger partial charge in [0.05, 0.1) is 25.0 Å². The fourth-order valence-corrected chi connectivity index (χ4v) is 3.93. The summed E-state index contributed by atoms with van der Waals surface area (Å²) in [6.07, 6.45) is 1.98. The number of rotatable bonds is 12. The monoisotopic (exact) mass is 495 g/mol. The van der Waals surface area contributed by atoms with Crippen LogP contribution in [0.3, 0.4) is 0 Å². The average molecular weight is 496 g/mol. The third kappa shape index (κ3) is 11.3. The molecule has 1 saturated heterocycles. The molecule has 0 aromatic carbocycles. The molecule has 2 amide bonds. The molecule has 9 heteroatoms. The zero-order chi connectivity index (χ0) is 26.8. The van der Waals surface area contributed by atoms with Crippen molar-refractivity contribution in [2.24, 2.45) is 29.1 Å². The van der Waals surface area contributed by atoms with E-state index in [9.17, 15) is 24.0 Å². The van der Waals surface area contributed by atoms with E-state index in [1.165, 1.54) is 0 Å². The lowest BCUT2D eigenvalue weighted by Gasteiger charge is -2.27. The smallest absolute Gasteiger partial charge is 0.306 e. The Morgan fingerprint density at radius 1 is 1.14 bits per heavy atom. The molecule has 1 rings (SSSR count). The van der Waals surface area contributed by atoms with Gasteiger partial charge >= 0.3 is 11.9 Å². The largest absolute Gasteiger partial charge is 0.465 e. The lowest BCUT2D eigenvalue weighted by Crippen LogP contribution is -2.49. The minimum absolute atomic E-state index is 0.0617. The fraction of sp³-hybridized carbons (Fsp3) is 0.808. The number of hydrogen-bond donors (Lipinski definition) is 3. The van der Waals surface area contributed by atoms with Gasteiger partial charge in [-0.15, -0.1) is 0 Å². The Bertz CT molecular complexity index is 759. The second-order valence-electron chi connectivity index (χ2n) is 11.4. The van der Waals surface area contributed by atoms with E-state index < -0.39 is 35.5 Å². The Kier molecular flexibility index (Phi) is 12.6. The van der Waals surface area contributed by atoms with Gasteiger partial charge < -0.3 is 10.1 Å². The Morgan fingerprint density at radius 2 is 1.80 bits per heavy atom. The summed E-state index contributed by atoms with van der Waals surface area (Å²) in [6.45, 7) is 14.4. The van der Waals surface area contributed by atoms with Gasteiger partial charge in [-0.2, -0.15) is 0 Å². The average Bonchev–Trinajstić information content (AvgIpc) is 2.76. The number of nitrogens with one attached hydrogen (secondary N) is 3. The predicted molar refractivity (Wildman–Crippen MR) is 133 cm³/mol. The van der Waals surface area contributed by atoms with Crippen molar-refractivity contribution in [2.45, 2.75) is 93.0 Å². The molecule has 4 atom stereocenters. The molecule has 200 valence electrons. The van der Waals surface area contributed by atoms with Gasteiger partial charge in [0.1, 0.15) is 0 Å². The summed E-state index contributed by atoms with van der Waals surface area (Å²) < 4.78 is 5.38. The van der Waals surface area contributed by atoms with Gasteiger partial charge in [-0.3, -0.25) is 29.4 Å². The Balaban J connectivity index is 2.95. The number of esters is 1. The van der Waals surface area contributed by atoms with Crippen LogP contribution in [0.25, 0.3) is 0 Å². The second kappa shape index (κ2) is 14.3. The molecule has 0 aromatic heterocycles. The first kappa shape index (κ1) is 30.7. The minimum Gasteiger partial charge on any atom is -0.465 e. The van der Waals surface area contributed by atoms with Crippen LogP contribution in [0.4, 0.5) is 0 Å². The highest BCUT2D eigenvalue weighted by Gasteiger charge is 2.34. The van der Waals surface area contributed by atoms with Gasteiger partial charge in [0.25, 0.3) is 0 Å². The van der Waals surface area contributed by atoms with Crippen molar-refractivity contribution in [1.29, 1.82) is 0 Å². The molecule has 4 unspecified atom stereocenters. The first-order valence-corrected chi connectivity index (χ1v) is 12.8. The Morgan fingerprint density at radius 3 is 2.37 bits per heavy atom. The van der Waals surface area contributed by atoms with Crippen LogP contribution < -0.4 is 16.2 Å². The molecular formula is C26H45N3O6. The molecule has 0 saturated carbocycles. The van der Waals surface area contributed by atoms with Crippen LogP contribution in [0.5, 0.6) is 0 Å². The van der Waals surface area contributed by atoms with Crippen LogP contribution in [0.2, 0.25) is 0 Å². The Hall–Kier alpha value is -2.29. The molecule has 0 aromatic rings. The standard InChI is InChI=1S/C26H45N3O6/c1-8-17(4)19(14-22(31)35-15-26(5,6)7)24(33)28-20(12-16(2)3)21(30)13-18-10-9-11-27-29-25(34)23(18)32/h16-20,27H,8-15H2,1-7H3,(H,28,33)(H,29,34). The minimum atomic E-state index is -0.793. The maximum atomic E-state index is 13.3. The highest BCUT2D eigenvalue weighted by atomic mass is 16.5. The van der Waals surface area contributed by atoms with Crippen LogP contribution in [0.1, 0.15) is 87.0 Å². The van der Waals surface area contributed by atoms with Crippen molar-refractivity contribution >= 4 is 29.4 Å². The van der Waals surface area contributed by atoms with Crippen molar-refractivity contribution in [3.05, 3.63) is 0 Å². The highest BCUT2D eigenvalue weighted by molar-refractivity contribution is 6.37. The van der Waals surface area contributed by atoms with Crippen LogP contribution >= 0.6 is 0 Å². The van der Waals surface area contributed by atoms with Crippen molar-refractivity contribution in [2.75, 3.05) is 13.2 Å². The van der Waals surface area contributed by atoms with E-state index in [1.54, 1.807) is 0 Å². The Labute approximate surface area is 209 Å². The van der Waals surface area contributed by atoms with Gasteiger partial charge in [-0.05, 0) is 36.5 Å². The summed E-state index contributed by atoms with van der Waals surface area (Å²) in [5.74, 6) is -3.77. The second-order valence-corrected chi connectivity index (χ2v) is 11.4. The molecule has 3 N–H and O–H groups in total. The zero-order valence-electron chi connectivity index (χ0n) is 22.5. The van der Waals surface area contributed by atoms with E-state index >= 15 is 0 Å². The van der Waals surface area contributed by atoms with Crippen molar-refractivity contribution in [3.8, 4) is 0 Å². The third-order valence-electron chi connectivity index (χ3n) is 6.23. The van der Waals surface area contributed by atoms with Crippen molar-refractivity contribution in [3.63, 3.8) is 0 Å². The number of amides is 2. The van der Waals surface area contributed by atoms with Gasteiger partial charge in [0.2, 0.25) is 11.7 Å². The van der Waals surface area contributed by atoms with E-state index in [1.807, 2.05) is 48.5 Å². The molecule has 1 aliphatic rings. The molecule has 1 aliphatic heterocycles. The SMILES string of the molecule is CCC(C)C(CC(=O)OCC(C)(C)C)C(=O)NC(CC(C)C)C(=O)CC1CCCNNC(=O)C1=O. The van der Waals surface area contributed by atoms with Crippen molar-refractivity contribution in [1.82, 2.24) is 16.2 Å². The molecule has 0 radical (unpaired) electrons. The molecule has 1 fully saturated rings. The number of ketones is 2. The summed E-state index contributed by atoms with van der Waals surface area (Å²) in [6, 6.07) is -0.793. The van der Waals surface area contributed by atoms with Gasteiger partial charge in [-0.25, -0.2) is 5.43 Å². The van der Waals surface area contributed by atoms with E-state index in [0.717, 1.165) is 0 Å². The summed E-state index contributed by atoms with van der Waals surface area (Å²) in [5.41, 5.74) is 4.84. The lowest BCUT2D eigenvalue weighted by atomic mass is 9.85. The number of hydrogen-bond acceptors (Lipinski definition) is 7. The number of carbonyl (C=O) groups is 5. The van der Waals surface area contributed by atoms with Crippen LogP contribution in [-0.4, -0.2) is 48.5 Å². The molecule has 35 heavy (non-hydrogen) atoms. The summed E-state index contributed by atoms with van der Waals surface area (Å²) in [7, 11) is 0. The van der Waals surface area contributed by atoms with Gasteiger partial charge in [0, 0.05) is 18.9 Å². The number of Topliss-reactive ketones (excluding diaryl/α,β-unsaturated/α-hetero) is 2. The first-order chi connectivity index (χ1) is 16.2. The molecule has 9 nitrogen and oxygen atoms in total. The topological polar surface area (TPSA) is 131 Å². The predicted octanol–water partition coefficient (Wildman–Crippen LogP) is 2.72. The maximum Gasteiger partial charge on any atom is 0.306 e. The van der Waals surface area contributed by atoms with E-state index in [0.29, 0.717) is 32.2 Å². The zero-order valence-corrected chi connectivity index (χ0v) is 22.5. The highest BCUT2D eigenvalue weighted by Crippen LogP contribution is 2.23.